The Kier molecular flexibility index (Phi) is 4.60. The van der Waals surface area contributed by atoms with E-state index in [1.165, 1.54) is 13.2 Å². The first-order valence-corrected chi connectivity index (χ1v) is 7.81. The molecule has 1 N–H and O–H groups in total. The summed E-state index contributed by atoms with van der Waals surface area (Å²) in [7, 11) is 1.39. The van der Waals surface area contributed by atoms with Crippen LogP contribution in [-0.4, -0.2) is 41.8 Å². The summed E-state index contributed by atoms with van der Waals surface area (Å²) in [6, 6.07) is 1.98. The number of pyridine rings is 1. The molecule has 0 bridgehead atoms. The first kappa shape index (κ1) is 16.2. The number of aliphatic carboxylic acids is 1. The predicted molar refractivity (Wildman–Crippen MR) is 88.3 cm³/mol. The maximum atomic E-state index is 11.6. The molecule has 0 saturated heterocycles. The van der Waals surface area contributed by atoms with Gasteiger partial charge < -0.3 is 14.7 Å². The van der Waals surface area contributed by atoms with E-state index in [0.717, 1.165) is 37.1 Å². The standard InChI is InChI=1S/C18H18N2O4/c1-24-17-13(18(22)23)5-6-15(14(17)11-21)20-9-3-2-4-12-7-8-19-10-16(12)20/h5-8,10,17H,2-4,9H2,1H3,(H,22,23). The van der Waals surface area contributed by atoms with Gasteiger partial charge in [-0.3, -0.25) is 4.98 Å². The fourth-order valence-electron chi connectivity index (χ4n) is 3.23. The highest BCUT2D eigenvalue weighted by molar-refractivity contribution is 5.92. The average Bonchev–Trinajstić information content (AvgIpc) is 2.82. The monoisotopic (exact) mass is 326 g/mol. The number of carbonyl (C=O) groups is 1. The Morgan fingerprint density at radius 2 is 2.25 bits per heavy atom. The number of carboxylic acid groups (broad SMARTS) is 1. The van der Waals surface area contributed by atoms with E-state index in [1.807, 2.05) is 16.9 Å². The van der Waals surface area contributed by atoms with E-state index in [2.05, 4.69) is 4.98 Å². The molecule has 6 heteroatoms. The normalized spacial score (nSPS) is 20.5. The van der Waals surface area contributed by atoms with Gasteiger partial charge in [-0.2, -0.15) is 0 Å². The average molecular weight is 326 g/mol. The highest BCUT2D eigenvalue weighted by atomic mass is 16.5. The van der Waals surface area contributed by atoms with Gasteiger partial charge in [0.25, 0.3) is 0 Å². The van der Waals surface area contributed by atoms with Crippen molar-refractivity contribution in [2.45, 2.75) is 25.4 Å². The van der Waals surface area contributed by atoms with Crippen LogP contribution in [0.3, 0.4) is 0 Å². The Hall–Kier alpha value is -2.69. The molecule has 1 atom stereocenters. The molecule has 1 aromatic heterocycles. The van der Waals surface area contributed by atoms with Crippen molar-refractivity contribution in [2.75, 3.05) is 18.6 Å². The lowest BCUT2D eigenvalue weighted by Crippen LogP contribution is -2.33. The Bertz CT molecular complexity index is 775. The molecule has 0 fully saturated rings. The van der Waals surface area contributed by atoms with Crippen molar-refractivity contribution in [1.82, 2.24) is 4.98 Å². The Morgan fingerprint density at radius 1 is 1.42 bits per heavy atom. The number of methoxy groups -OCH3 is 1. The van der Waals surface area contributed by atoms with Crippen LogP contribution >= 0.6 is 0 Å². The van der Waals surface area contributed by atoms with Crippen LogP contribution in [0.25, 0.3) is 0 Å². The number of allylic oxidation sites excluding steroid dienone is 2. The molecule has 0 amide bonds. The number of ether oxygens (including phenoxy) is 1. The van der Waals surface area contributed by atoms with Gasteiger partial charge in [0.05, 0.1) is 28.7 Å². The van der Waals surface area contributed by atoms with E-state index in [1.54, 1.807) is 18.5 Å². The van der Waals surface area contributed by atoms with Crippen molar-refractivity contribution in [3.8, 4) is 0 Å². The summed E-state index contributed by atoms with van der Waals surface area (Å²) in [5.41, 5.74) is 2.96. The van der Waals surface area contributed by atoms with Crippen molar-refractivity contribution in [1.29, 1.82) is 0 Å². The largest absolute Gasteiger partial charge is 0.478 e. The lowest BCUT2D eigenvalue weighted by Gasteiger charge is -2.32. The minimum Gasteiger partial charge on any atom is -0.478 e. The number of nitrogens with zero attached hydrogens (tertiary/aromatic N) is 2. The highest BCUT2D eigenvalue weighted by Gasteiger charge is 2.33. The molecule has 6 nitrogen and oxygen atoms in total. The van der Waals surface area contributed by atoms with E-state index >= 15 is 0 Å². The molecule has 3 rings (SSSR count). The molecule has 1 aliphatic carbocycles. The van der Waals surface area contributed by atoms with Crippen molar-refractivity contribution in [3.05, 3.63) is 53.0 Å². The molecule has 24 heavy (non-hydrogen) atoms. The molecule has 2 aliphatic rings. The van der Waals surface area contributed by atoms with Gasteiger partial charge in [0.15, 0.2) is 0 Å². The second kappa shape index (κ2) is 6.83. The Balaban J connectivity index is 2.11. The summed E-state index contributed by atoms with van der Waals surface area (Å²) in [6.45, 7) is 0.725. The third-order valence-corrected chi connectivity index (χ3v) is 4.38. The van der Waals surface area contributed by atoms with Crippen molar-refractivity contribution >= 4 is 17.6 Å². The summed E-state index contributed by atoms with van der Waals surface area (Å²) in [6.07, 6.45) is 8.72. The van der Waals surface area contributed by atoms with Crippen LogP contribution in [0.1, 0.15) is 18.4 Å². The zero-order chi connectivity index (χ0) is 17.1. The zero-order valence-electron chi connectivity index (χ0n) is 13.4. The molecule has 2 heterocycles. The van der Waals surface area contributed by atoms with Crippen molar-refractivity contribution in [2.24, 2.45) is 0 Å². The molecule has 1 unspecified atom stereocenters. The number of carboxylic acids is 1. The Labute approximate surface area is 139 Å². The molecule has 124 valence electrons. The number of anilines is 1. The first-order valence-electron chi connectivity index (χ1n) is 7.81. The number of fused-ring (bicyclic) bond motifs is 1. The van der Waals surface area contributed by atoms with E-state index in [9.17, 15) is 14.7 Å². The van der Waals surface area contributed by atoms with Crippen LogP contribution in [0.15, 0.2) is 47.5 Å². The molecule has 0 aromatic carbocycles. The summed E-state index contributed by atoms with van der Waals surface area (Å²) in [4.78, 5) is 29.2. The van der Waals surface area contributed by atoms with Gasteiger partial charge in [-0.25, -0.2) is 9.59 Å². The second-order valence-corrected chi connectivity index (χ2v) is 5.72. The summed E-state index contributed by atoms with van der Waals surface area (Å²) in [5, 5.41) is 9.31. The Morgan fingerprint density at radius 3 is 2.96 bits per heavy atom. The van der Waals surface area contributed by atoms with E-state index in [-0.39, 0.29) is 11.1 Å². The number of aromatic nitrogens is 1. The van der Waals surface area contributed by atoms with Gasteiger partial charge in [0.1, 0.15) is 12.0 Å². The lowest BCUT2D eigenvalue weighted by molar-refractivity contribution is -0.133. The topological polar surface area (TPSA) is 79.7 Å². The van der Waals surface area contributed by atoms with E-state index in [0.29, 0.717) is 5.70 Å². The quantitative estimate of drug-likeness (QED) is 0.855. The minimum absolute atomic E-state index is 0.0285. The third kappa shape index (κ3) is 2.77. The predicted octanol–water partition coefficient (Wildman–Crippen LogP) is 1.91. The van der Waals surface area contributed by atoms with Gasteiger partial charge in [-0.15, -0.1) is 0 Å². The van der Waals surface area contributed by atoms with Gasteiger partial charge in [-0.05, 0) is 43.0 Å². The summed E-state index contributed by atoms with van der Waals surface area (Å²) < 4.78 is 5.28. The fourth-order valence-corrected chi connectivity index (χ4v) is 3.23. The number of hydrogen-bond donors (Lipinski definition) is 1. The maximum Gasteiger partial charge on any atom is 0.334 e. The van der Waals surface area contributed by atoms with Crippen molar-refractivity contribution < 1.29 is 19.4 Å². The van der Waals surface area contributed by atoms with Crippen LogP contribution in [0.2, 0.25) is 0 Å². The van der Waals surface area contributed by atoms with Gasteiger partial charge in [-0.1, -0.05) is 0 Å². The van der Waals surface area contributed by atoms with Crippen LogP contribution < -0.4 is 4.90 Å². The number of carbonyl (C=O) groups excluding carboxylic acids is 1. The fraction of sp³-hybridized carbons (Fsp3) is 0.333. The van der Waals surface area contributed by atoms with Gasteiger partial charge in [0.2, 0.25) is 0 Å². The number of aryl methyl sites for hydroxylation is 1. The first-order chi connectivity index (χ1) is 11.7. The van der Waals surface area contributed by atoms with Gasteiger partial charge in [0, 0.05) is 19.9 Å². The van der Waals surface area contributed by atoms with E-state index < -0.39 is 12.1 Å². The van der Waals surface area contributed by atoms with Crippen LogP contribution in [0, 0.1) is 0 Å². The number of hydrogen-bond acceptors (Lipinski definition) is 5. The lowest BCUT2D eigenvalue weighted by atomic mass is 9.93. The molecule has 1 aromatic rings. The summed E-state index contributed by atoms with van der Waals surface area (Å²) in [5.74, 6) is 0.787. The zero-order valence-corrected chi connectivity index (χ0v) is 13.4. The smallest absolute Gasteiger partial charge is 0.334 e. The number of rotatable bonds is 3. The van der Waals surface area contributed by atoms with Crippen LogP contribution in [-0.2, 0) is 20.7 Å². The summed E-state index contributed by atoms with van der Waals surface area (Å²) >= 11 is 0. The molecular weight excluding hydrogens is 308 g/mol. The minimum atomic E-state index is -1.11. The molecule has 0 saturated carbocycles. The maximum absolute atomic E-state index is 11.6. The van der Waals surface area contributed by atoms with Crippen LogP contribution in [0.4, 0.5) is 5.69 Å². The second-order valence-electron chi connectivity index (χ2n) is 5.72. The molecular formula is C18H18N2O4. The highest BCUT2D eigenvalue weighted by Crippen LogP contribution is 2.34. The van der Waals surface area contributed by atoms with Crippen LogP contribution in [0.5, 0.6) is 0 Å². The third-order valence-electron chi connectivity index (χ3n) is 4.38. The molecule has 0 radical (unpaired) electrons. The molecule has 1 aliphatic heterocycles. The van der Waals surface area contributed by atoms with Crippen molar-refractivity contribution in [3.63, 3.8) is 0 Å². The molecule has 0 spiro atoms. The van der Waals surface area contributed by atoms with Gasteiger partial charge >= 0.3 is 5.97 Å². The van der Waals surface area contributed by atoms with E-state index in [4.69, 9.17) is 4.74 Å². The SMILES string of the molecule is COC1C(=C=O)C(N2CCCCc3ccncc32)=CC=C1C(=O)O.